The molecule has 23 heavy (non-hydrogen) atoms. The number of nitriles is 1. The number of pyridine rings is 1. The molecule has 1 aliphatic carbocycles. The van der Waals surface area contributed by atoms with Crippen LogP contribution in [-0.2, 0) is 17.6 Å². The molecule has 3 rings (SSSR count). The standard InChI is InChI=1S/C19H20N2O2/c20-12-6-7-13-23-19(22)18-14-8-2-1-3-10-16(14)21-17-11-5-4-9-15(17)18/h4-5,9,11H,1-3,6-8,10,13H2. The molecule has 0 saturated heterocycles. The van der Waals surface area contributed by atoms with Crippen LogP contribution in [0.5, 0.6) is 0 Å². The summed E-state index contributed by atoms with van der Waals surface area (Å²) in [6.45, 7) is 0.290. The lowest BCUT2D eigenvalue weighted by molar-refractivity contribution is 0.0502. The highest BCUT2D eigenvalue weighted by atomic mass is 16.5. The van der Waals surface area contributed by atoms with Crippen molar-refractivity contribution < 1.29 is 9.53 Å². The lowest BCUT2D eigenvalue weighted by Gasteiger charge is -2.14. The van der Waals surface area contributed by atoms with E-state index >= 15 is 0 Å². The summed E-state index contributed by atoms with van der Waals surface area (Å²) in [4.78, 5) is 17.5. The van der Waals surface area contributed by atoms with Gasteiger partial charge in [-0.15, -0.1) is 0 Å². The number of para-hydroxylation sites is 1. The van der Waals surface area contributed by atoms with Crippen LogP contribution in [-0.4, -0.2) is 17.6 Å². The molecule has 4 nitrogen and oxygen atoms in total. The maximum atomic E-state index is 12.7. The number of aryl methyl sites for hydroxylation is 1. The molecule has 118 valence electrons. The third-order valence-corrected chi connectivity index (χ3v) is 4.29. The first-order valence-electron chi connectivity index (χ1n) is 8.26. The van der Waals surface area contributed by atoms with Gasteiger partial charge in [0.2, 0.25) is 0 Å². The average molecular weight is 308 g/mol. The summed E-state index contributed by atoms with van der Waals surface area (Å²) in [6, 6.07) is 9.84. The van der Waals surface area contributed by atoms with E-state index in [1.165, 1.54) is 6.42 Å². The van der Waals surface area contributed by atoms with Gasteiger partial charge < -0.3 is 4.74 Å². The van der Waals surface area contributed by atoms with E-state index in [1.54, 1.807) is 0 Å². The van der Waals surface area contributed by atoms with E-state index in [0.29, 0.717) is 18.4 Å². The quantitative estimate of drug-likeness (QED) is 0.487. The Hall–Kier alpha value is -2.41. The van der Waals surface area contributed by atoms with Gasteiger partial charge in [-0.2, -0.15) is 5.26 Å². The summed E-state index contributed by atoms with van der Waals surface area (Å²) in [7, 11) is 0. The highest BCUT2D eigenvalue weighted by molar-refractivity contribution is 6.05. The smallest absolute Gasteiger partial charge is 0.339 e. The minimum absolute atomic E-state index is 0.278. The van der Waals surface area contributed by atoms with Crippen LogP contribution in [0.4, 0.5) is 0 Å². The van der Waals surface area contributed by atoms with Crippen molar-refractivity contribution in [2.45, 2.75) is 44.9 Å². The van der Waals surface area contributed by atoms with E-state index < -0.39 is 0 Å². The fourth-order valence-corrected chi connectivity index (χ4v) is 3.17. The predicted molar refractivity (Wildman–Crippen MR) is 88.1 cm³/mol. The summed E-state index contributed by atoms with van der Waals surface area (Å²) in [5.41, 5.74) is 3.65. The Morgan fingerprint density at radius 3 is 2.91 bits per heavy atom. The van der Waals surface area contributed by atoms with Crippen molar-refractivity contribution in [2.75, 3.05) is 6.61 Å². The molecule has 0 bridgehead atoms. The number of rotatable bonds is 4. The van der Waals surface area contributed by atoms with Crippen molar-refractivity contribution in [2.24, 2.45) is 0 Å². The van der Waals surface area contributed by atoms with Crippen molar-refractivity contribution in [3.63, 3.8) is 0 Å². The molecule has 0 saturated carbocycles. The van der Waals surface area contributed by atoms with Crippen LogP contribution in [0.2, 0.25) is 0 Å². The summed E-state index contributed by atoms with van der Waals surface area (Å²) in [5.74, 6) is -0.278. The van der Waals surface area contributed by atoms with Gasteiger partial charge >= 0.3 is 5.97 Å². The van der Waals surface area contributed by atoms with Gasteiger partial charge in [0.25, 0.3) is 0 Å². The highest BCUT2D eigenvalue weighted by Gasteiger charge is 2.22. The number of hydrogen-bond acceptors (Lipinski definition) is 4. The number of fused-ring (bicyclic) bond motifs is 2. The average Bonchev–Trinajstić information content (AvgIpc) is 2.81. The number of carbonyl (C=O) groups is 1. The summed E-state index contributed by atoms with van der Waals surface area (Å²) in [5, 5.41) is 9.45. The Morgan fingerprint density at radius 1 is 1.22 bits per heavy atom. The Labute approximate surface area is 136 Å². The number of nitrogens with zero attached hydrogens (tertiary/aromatic N) is 2. The van der Waals surface area contributed by atoms with Crippen LogP contribution in [0.1, 0.15) is 53.7 Å². The number of hydrogen-bond donors (Lipinski definition) is 0. The molecular formula is C19H20N2O2. The van der Waals surface area contributed by atoms with E-state index in [1.807, 2.05) is 24.3 Å². The first kappa shape index (κ1) is 15.5. The first-order valence-corrected chi connectivity index (χ1v) is 8.26. The minimum atomic E-state index is -0.278. The molecule has 0 N–H and O–H groups in total. The fraction of sp³-hybridized carbons (Fsp3) is 0.421. The van der Waals surface area contributed by atoms with Gasteiger partial charge in [-0.25, -0.2) is 4.79 Å². The Balaban J connectivity index is 2.00. The Morgan fingerprint density at radius 2 is 2.04 bits per heavy atom. The Bertz CT molecular complexity index is 762. The van der Waals surface area contributed by atoms with Gasteiger partial charge in [-0.1, -0.05) is 24.6 Å². The number of esters is 1. The summed E-state index contributed by atoms with van der Waals surface area (Å²) in [6.07, 6.45) is 6.17. The van der Waals surface area contributed by atoms with Crippen LogP contribution >= 0.6 is 0 Å². The van der Waals surface area contributed by atoms with Crippen LogP contribution in [0.25, 0.3) is 10.9 Å². The largest absolute Gasteiger partial charge is 0.462 e. The molecule has 2 aromatic rings. The molecule has 1 aromatic carbocycles. The zero-order chi connectivity index (χ0) is 16.1. The summed E-state index contributed by atoms with van der Waals surface area (Å²) < 4.78 is 5.43. The molecule has 4 heteroatoms. The van der Waals surface area contributed by atoms with Gasteiger partial charge in [0.1, 0.15) is 0 Å². The summed E-state index contributed by atoms with van der Waals surface area (Å²) >= 11 is 0. The van der Waals surface area contributed by atoms with E-state index in [0.717, 1.165) is 47.8 Å². The molecule has 0 aliphatic heterocycles. The molecule has 0 amide bonds. The SMILES string of the molecule is N#CCCCOC(=O)c1c2c(nc3ccccc13)CCCCC2. The van der Waals surface area contributed by atoms with E-state index in [9.17, 15) is 4.79 Å². The maximum Gasteiger partial charge on any atom is 0.339 e. The normalized spacial score (nSPS) is 13.9. The van der Waals surface area contributed by atoms with Crippen molar-refractivity contribution in [1.29, 1.82) is 5.26 Å². The van der Waals surface area contributed by atoms with E-state index in [2.05, 4.69) is 6.07 Å². The molecule has 1 aliphatic rings. The zero-order valence-electron chi connectivity index (χ0n) is 13.2. The number of ether oxygens (including phenoxy) is 1. The van der Waals surface area contributed by atoms with Crippen molar-refractivity contribution in [3.05, 3.63) is 41.1 Å². The zero-order valence-corrected chi connectivity index (χ0v) is 13.2. The predicted octanol–water partition coefficient (Wildman–Crippen LogP) is 3.96. The van der Waals surface area contributed by atoms with Gasteiger partial charge in [0, 0.05) is 17.5 Å². The minimum Gasteiger partial charge on any atom is -0.462 e. The number of benzene rings is 1. The highest BCUT2D eigenvalue weighted by Crippen LogP contribution is 2.29. The second-order valence-electron chi connectivity index (χ2n) is 5.89. The van der Waals surface area contributed by atoms with Crippen LogP contribution < -0.4 is 0 Å². The maximum absolute atomic E-state index is 12.7. The van der Waals surface area contributed by atoms with E-state index in [-0.39, 0.29) is 12.6 Å². The molecule has 0 unspecified atom stereocenters. The molecule has 0 fully saturated rings. The van der Waals surface area contributed by atoms with Crippen LogP contribution in [0, 0.1) is 11.3 Å². The molecule has 0 atom stereocenters. The van der Waals surface area contributed by atoms with Gasteiger partial charge in [-0.3, -0.25) is 4.98 Å². The lowest BCUT2D eigenvalue weighted by Crippen LogP contribution is -2.13. The molecule has 1 aromatic heterocycles. The monoisotopic (exact) mass is 308 g/mol. The third kappa shape index (κ3) is 3.34. The van der Waals surface area contributed by atoms with Crippen molar-refractivity contribution in [3.8, 4) is 6.07 Å². The van der Waals surface area contributed by atoms with Gasteiger partial charge in [0.15, 0.2) is 0 Å². The molecule has 0 spiro atoms. The van der Waals surface area contributed by atoms with Gasteiger partial charge in [0.05, 0.1) is 23.8 Å². The van der Waals surface area contributed by atoms with E-state index in [4.69, 9.17) is 15.0 Å². The van der Waals surface area contributed by atoms with Crippen LogP contribution in [0.3, 0.4) is 0 Å². The second kappa shape index (κ2) is 7.23. The molecular weight excluding hydrogens is 288 g/mol. The topological polar surface area (TPSA) is 63.0 Å². The fourth-order valence-electron chi connectivity index (χ4n) is 3.17. The number of aromatic nitrogens is 1. The molecule has 0 radical (unpaired) electrons. The van der Waals surface area contributed by atoms with Crippen molar-refractivity contribution >= 4 is 16.9 Å². The van der Waals surface area contributed by atoms with Crippen molar-refractivity contribution in [1.82, 2.24) is 4.98 Å². The first-order chi connectivity index (χ1) is 11.3. The van der Waals surface area contributed by atoms with Crippen LogP contribution in [0.15, 0.2) is 24.3 Å². The number of carbonyl (C=O) groups excluding carboxylic acids is 1. The lowest BCUT2D eigenvalue weighted by atomic mass is 9.97. The number of unbranched alkanes of at least 4 members (excludes halogenated alkanes) is 1. The second-order valence-corrected chi connectivity index (χ2v) is 5.89. The molecule has 1 heterocycles. The Kier molecular flexibility index (Phi) is 4.87. The third-order valence-electron chi connectivity index (χ3n) is 4.29. The van der Waals surface area contributed by atoms with Gasteiger partial charge in [-0.05, 0) is 43.7 Å².